The number of nitrogens with zero attached hydrogens (tertiary/aromatic N) is 4. The van der Waals surface area contributed by atoms with Crippen LogP contribution in [0.25, 0.3) is 5.69 Å². The SMILES string of the molecule is CC(=O)C(C)Sc1nnc(N2CCCCC2)n1-c1ccc(C)cc1. The van der Waals surface area contributed by atoms with Crippen LogP contribution in [0.5, 0.6) is 0 Å². The van der Waals surface area contributed by atoms with Crippen molar-refractivity contribution in [2.24, 2.45) is 0 Å². The van der Waals surface area contributed by atoms with Gasteiger partial charge in [-0.25, -0.2) is 0 Å². The minimum atomic E-state index is -0.132. The van der Waals surface area contributed by atoms with Gasteiger partial charge in [-0.1, -0.05) is 29.5 Å². The van der Waals surface area contributed by atoms with Gasteiger partial charge in [-0.3, -0.25) is 9.36 Å². The maximum atomic E-state index is 11.7. The van der Waals surface area contributed by atoms with Crippen LogP contribution in [0.2, 0.25) is 0 Å². The topological polar surface area (TPSA) is 51.0 Å². The highest BCUT2D eigenvalue weighted by molar-refractivity contribution is 8.00. The van der Waals surface area contributed by atoms with Crippen LogP contribution in [-0.2, 0) is 4.79 Å². The Balaban J connectivity index is 2.01. The van der Waals surface area contributed by atoms with E-state index in [-0.39, 0.29) is 11.0 Å². The van der Waals surface area contributed by atoms with E-state index in [0.717, 1.165) is 29.9 Å². The molecule has 6 heteroatoms. The number of carbonyl (C=O) groups is 1. The average Bonchev–Trinajstić information content (AvgIpc) is 3.00. The second-order valence-corrected chi connectivity index (χ2v) is 7.68. The monoisotopic (exact) mass is 344 g/mol. The highest BCUT2D eigenvalue weighted by Crippen LogP contribution is 2.30. The molecule has 0 amide bonds. The number of aryl methyl sites for hydroxylation is 1. The van der Waals surface area contributed by atoms with Crippen LogP contribution in [0.1, 0.15) is 38.7 Å². The zero-order valence-electron chi connectivity index (χ0n) is 14.5. The smallest absolute Gasteiger partial charge is 0.232 e. The van der Waals surface area contributed by atoms with Gasteiger partial charge in [0.25, 0.3) is 0 Å². The highest BCUT2D eigenvalue weighted by Gasteiger charge is 2.23. The van der Waals surface area contributed by atoms with E-state index >= 15 is 0 Å². The first kappa shape index (κ1) is 17.0. The van der Waals surface area contributed by atoms with Gasteiger partial charge in [-0.05, 0) is 52.2 Å². The molecule has 128 valence electrons. The summed E-state index contributed by atoms with van der Waals surface area (Å²) in [5.41, 5.74) is 2.27. The third kappa shape index (κ3) is 3.64. The van der Waals surface area contributed by atoms with Crippen molar-refractivity contribution in [1.82, 2.24) is 14.8 Å². The van der Waals surface area contributed by atoms with Gasteiger partial charge < -0.3 is 4.90 Å². The number of thioether (sulfide) groups is 1. The van der Waals surface area contributed by atoms with E-state index < -0.39 is 0 Å². The Kier molecular flexibility index (Phi) is 5.23. The largest absolute Gasteiger partial charge is 0.341 e. The van der Waals surface area contributed by atoms with Crippen molar-refractivity contribution in [3.63, 3.8) is 0 Å². The zero-order valence-corrected chi connectivity index (χ0v) is 15.3. The van der Waals surface area contributed by atoms with Crippen LogP contribution in [0, 0.1) is 6.92 Å². The molecule has 0 saturated carbocycles. The molecule has 3 rings (SSSR count). The molecule has 0 radical (unpaired) electrons. The molecular weight excluding hydrogens is 320 g/mol. The Bertz CT molecular complexity index is 704. The van der Waals surface area contributed by atoms with Crippen molar-refractivity contribution >= 4 is 23.5 Å². The molecule has 1 aromatic carbocycles. The first-order valence-corrected chi connectivity index (χ1v) is 9.39. The molecule has 1 fully saturated rings. The lowest BCUT2D eigenvalue weighted by molar-refractivity contribution is -0.116. The van der Waals surface area contributed by atoms with E-state index in [9.17, 15) is 4.79 Å². The van der Waals surface area contributed by atoms with Gasteiger partial charge in [0.1, 0.15) is 5.78 Å². The number of ketones is 1. The number of piperidine rings is 1. The molecule has 0 bridgehead atoms. The van der Waals surface area contributed by atoms with E-state index in [0.29, 0.717) is 0 Å². The van der Waals surface area contributed by atoms with Crippen LogP contribution in [-0.4, -0.2) is 38.9 Å². The van der Waals surface area contributed by atoms with Crippen molar-refractivity contribution in [3.8, 4) is 5.69 Å². The van der Waals surface area contributed by atoms with Crippen LogP contribution < -0.4 is 4.90 Å². The number of hydrogen-bond donors (Lipinski definition) is 0. The standard InChI is InChI=1S/C18H24N4OS/c1-13-7-9-16(10-8-13)22-17(21-11-5-4-6-12-21)19-20-18(22)24-15(3)14(2)23/h7-10,15H,4-6,11-12H2,1-3H3. The van der Waals surface area contributed by atoms with Crippen molar-refractivity contribution in [2.45, 2.75) is 50.4 Å². The molecule has 2 aromatic rings. The second-order valence-electron chi connectivity index (χ2n) is 6.37. The summed E-state index contributed by atoms with van der Waals surface area (Å²) in [7, 11) is 0. The summed E-state index contributed by atoms with van der Waals surface area (Å²) in [6, 6.07) is 8.37. The number of Topliss-reactive ketones (excluding diaryl/α,β-unsaturated/α-hetero) is 1. The number of anilines is 1. The van der Waals surface area contributed by atoms with Crippen molar-refractivity contribution in [2.75, 3.05) is 18.0 Å². The fraction of sp³-hybridized carbons (Fsp3) is 0.500. The van der Waals surface area contributed by atoms with Crippen LogP contribution in [0.4, 0.5) is 5.95 Å². The van der Waals surface area contributed by atoms with E-state index in [2.05, 4.69) is 50.9 Å². The summed E-state index contributed by atoms with van der Waals surface area (Å²) in [6.45, 7) is 7.64. The van der Waals surface area contributed by atoms with Gasteiger partial charge in [-0.2, -0.15) is 0 Å². The second kappa shape index (κ2) is 7.38. The minimum Gasteiger partial charge on any atom is -0.341 e. The molecule has 1 unspecified atom stereocenters. The maximum absolute atomic E-state index is 11.7. The molecule has 1 atom stereocenters. The Labute approximate surface area is 147 Å². The van der Waals surface area contributed by atoms with E-state index in [1.165, 1.54) is 36.6 Å². The fourth-order valence-corrected chi connectivity index (χ4v) is 3.66. The zero-order chi connectivity index (χ0) is 17.1. The van der Waals surface area contributed by atoms with E-state index in [1.807, 2.05) is 6.92 Å². The van der Waals surface area contributed by atoms with Crippen molar-refractivity contribution < 1.29 is 4.79 Å². The lowest BCUT2D eigenvalue weighted by atomic mass is 10.1. The summed E-state index contributed by atoms with van der Waals surface area (Å²) < 4.78 is 2.09. The molecule has 1 saturated heterocycles. The van der Waals surface area contributed by atoms with Gasteiger partial charge in [0.15, 0.2) is 5.16 Å². The van der Waals surface area contributed by atoms with E-state index in [1.54, 1.807) is 6.92 Å². The predicted octanol–water partition coefficient (Wildman–Crippen LogP) is 3.64. The van der Waals surface area contributed by atoms with Crippen molar-refractivity contribution in [1.29, 1.82) is 0 Å². The molecule has 1 aliphatic rings. The van der Waals surface area contributed by atoms with Gasteiger partial charge in [-0.15, -0.1) is 10.2 Å². The number of rotatable bonds is 5. The molecule has 24 heavy (non-hydrogen) atoms. The lowest BCUT2D eigenvalue weighted by Crippen LogP contribution is -2.31. The number of hydrogen-bond acceptors (Lipinski definition) is 5. The number of aromatic nitrogens is 3. The van der Waals surface area contributed by atoms with Crippen LogP contribution in [0.15, 0.2) is 29.4 Å². The summed E-state index contributed by atoms with van der Waals surface area (Å²) >= 11 is 1.48. The Hall–Kier alpha value is -1.82. The summed E-state index contributed by atoms with van der Waals surface area (Å²) in [5, 5.41) is 9.50. The highest BCUT2D eigenvalue weighted by atomic mass is 32.2. The molecular formula is C18H24N4OS. The lowest BCUT2D eigenvalue weighted by Gasteiger charge is -2.28. The summed E-state index contributed by atoms with van der Waals surface area (Å²) in [4.78, 5) is 14.0. The first-order chi connectivity index (χ1) is 11.6. The summed E-state index contributed by atoms with van der Waals surface area (Å²) in [6.07, 6.45) is 3.65. The molecule has 0 spiro atoms. The van der Waals surface area contributed by atoms with E-state index in [4.69, 9.17) is 0 Å². The van der Waals surface area contributed by atoms with Crippen molar-refractivity contribution in [3.05, 3.63) is 29.8 Å². The first-order valence-electron chi connectivity index (χ1n) is 8.51. The minimum absolute atomic E-state index is 0.132. The quantitative estimate of drug-likeness (QED) is 0.775. The fourth-order valence-electron chi connectivity index (χ4n) is 2.80. The molecule has 5 nitrogen and oxygen atoms in total. The molecule has 1 aliphatic heterocycles. The molecule has 0 N–H and O–H groups in total. The third-order valence-corrected chi connectivity index (χ3v) is 5.56. The van der Waals surface area contributed by atoms with Crippen LogP contribution >= 0.6 is 11.8 Å². The Morgan fingerprint density at radius 1 is 1.12 bits per heavy atom. The van der Waals surface area contributed by atoms with Gasteiger partial charge in [0.2, 0.25) is 5.95 Å². The predicted molar refractivity (Wildman–Crippen MR) is 98.2 cm³/mol. The van der Waals surface area contributed by atoms with Gasteiger partial charge in [0, 0.05) is 13.1 Å². The average molecular weight is 344 g/mol. The van der Waals surface area contributed by atoms with Gasteiger partial charge in [0.05, 0.1) is 10.9 Å². The Morgan fingerprint density at radius 3 is 2.42 bits per heavy atom. The molecule has 0 aliphatic carbocycles. The molecule has 1 aromatic heterocycles. The summed E-state index contributed by atoms with van der Waals surface area (Å²) in [5.74, 6) is 1.04. The third-order valence-electron chi connectivity index (χ3n) is 4.40. The number of benzene rings is 1. The normalized spacial score (nSPS) is 16.2. The van der Waals surface area contributed by atoms with Gasteiger partial charge >= 0.3 is 0 Å². The maximum Gasteiger partial charge on any atom is 0.232 e. The number of carbonyl (C=O) groups excluding carboxylic acids is 1. The van der Waals surface area contributed by atoms with Crippen LogP contribution in [0.3, 0.4) is 0 Å². The Morgan fingerprint density at radius 2 is 1.79 bits per heavy atom. The molecule has 2 heterocycles.